The Labute approximate surface area is 97.9 Å². The van der Waals surface area contributed by atoms with E-state index in [4.69, 9.17) is 10.00 Å². The molecule has 16 heavy (non-hydrogen) atoms. The first kappa shape index (κ1) is 11.5. The highest BCUT2D eigenvalue weighted by molar-refractivity contribution is 7.89. The average molecular weight is 258 g/mol. The molecule has 0 aromatic carbocycles. The first-order valence-electron chi connectivity index (χ1n) is 4.72. The quantitative estimate of drug-likeness (QED) is 0.780. The third-order valence-corrected chi connectivity index (χ3v) is 5.21. The Morgan fingerprint density at radius 1 is 1.44 bits per heavy atom. The van der Waals surface area contributed by atoms with E-state index < -0.39 is 10.0 Å². The van der Waals surface area contributed by atoms with Gasteiger partial charge in [0, 0.05) is 13.1 Å². The molecule has 0 radical (unpaired) electrons. The zero-order valence-electron chi connectivity index (χ0n) is 8.42. The summed E-state index contributed by atoms with van der Waals surface area (Å²) in [6.07, 6.45) is 0. The summed E-state index contributed by atoms with van der Waals surface area (Å²) in [6.45, 7) is 1.52. The number of hydrogen-bond acceptors (Lipinski definition) is 5. The zero-order chi connectivity index (χ0) is 11.6. The molecule has 1 aliphatic heterocycles. The molecule has 2 rings (SSSR count). The maximum Gasteiger partial charge on any atom is 0.245 e. The van der Waals surface area contributed by atoms with Crippen LogP contribution in [0.15, 0.2) is 16.3 Å². The van der Waals surface area contributed by atoms with Crippen molar-refractivity contribution < 1.29 is 13.2 Å². The Hall–Kier alpha value is -0.940. The van der Waals surface area contributed by atoms with Gasteiger partial charge in [0.05, 0.1) is 13.2 Å². The van der Waals surface area contributed by atoms with Gasteiger partial charge in [0.2, 0.25) is 10.0 Å². The van der Waals surface area contributed by atoms with E-state index in [1.165, 1.54) is 10.4 Å². The van der Waals surface area contributed by atoms with Gasteiger partial charge >= 0.3 is 0 Å². The minimum absolute atomic E-state index is 0.113. The normalized spacial score (nSPS) is 18.2. The Balaban J connectivity index is 2.35. The zero-order valence-corrected chi connectivity index (χ0v) is 10.1. The van der Waals surface area contributed by atoms with Gasteiger partial charge in [-0.05, 0) is 11.4 Å². The summed E-state index contributed by atoms with van der Waals surface area (Å²) in [6, 6.07) is 3.38. The van der Waals surface area contributed by atoms with Crippen molar-refractivity contribution in [2.45, 2.75) is 4.90 Å². The molecule has 1 aromatic heterocycles. The first-order chi connectivity index (χ1) is 7.66. The third kappa shape index (κ3) is 1.97. The molecule has 0 amide bonds. The summed E-state index contributed by atoms with van der Waals surface area (Å²) in [5, 5.41) is 10.4. The largest absolute Gasteiger partial charge is 0.379 e. The van der Waals surface area contributed by atoms with Crippen LogP contribution in [-0.4, -0.2) is 39.0 Å². The van der Waals surface area contributed by atoms with Crippen LogP contribution in [0.1, 0.15) is 4.88 Å². The molecular weight excluding hydrogens is 248 g/mol. The molecule has 1 fully saturated rings. The molecule has 5 nitrogen and oxygen atoms in total. The molecule has 0 aliphatic carbocycles. The number of morpholine rings is 1. The maximum atomic E-state index is 12.2. The highest BCUT2D eigenvalue weighted by Crippen LogP contribution is 2.24. The van der Waals surface area contributed by atoms with E-state index in [-0.39, 0.29) is 9.77 Å². The van der Waals surface area contributed by atoms with E-state index >= 15 is 0 Å². The maximum absolute atomic E-state index is 12.2. The fourth-order valence-electron chi connectivity index (χ4n) is 1.51. The number of hydrogen-bond donors (Lipinski definition) is 0. The van der Waals surface area contributed by atoms with Crippen molar-refractivity contribution in [3.05, 3.63) is 16.3 Å². The number of nitrogens with zero attached hydrogens (tertiary/aromatic N) is 2. The van der Waals surface area contributed by atoms with Gasteiger partial charge in [-0.25, -0.2) is 8.42 Å². The number of thiophene rings is 1. The lowest BCUT2D eigenvalue weighted by Gasteiger charge is -2.25. The second kappa shape index (κ2) is 4.51. The van der Waals surface area contributed by atoms with Crippen molar-refractivity contribution in [1.82, 2.24) is 4.31 Å². The van der Waals surface area contributed by atoms with Crippen LogP contribution in [-0.2, 0) is 14.8 Å². The molecule has 1 aromatic rings. The van der Waals surface area contributed by atoms with E-state index in [2.05, 4.69) is 0 Å². The van der Waals surface area contributed by atoms with Crippen molar-refractivity contribution in [2.24, 2.45) is 0 Å². The molecule has 86 valence electrons. The number of rotatable bonds is 2. The van der Waals surface area contributed by atoms with Crippen LogP contribution >= 0.6 is 11.3 Å². The summed E-state index contributed by atoms with van der Waals surface area (Å²) in [5.41, 5.74) is 0. The predicted octanol–water partition coefficient (Wildman–Crippen LogP) is 0.641. The van der Waals surface area contributed by atoms with Gasteiger partial charge < -0.3 is 4.74 Å². The monoisotopic (exact) mass is 258 g/mol. The fourth-order valence-corrected chi connectivity index (χ4v) is 4.06. The Morgan fingerprint density at radius 3 is 2.75 bits per heavy atom. The first-order valence-corrected chi connectivity index (χ1v) is 7.03. The Morgan fingerprint density at radius 2 is 2.12 bits per heavy atom. The number of ether oxygens (including phenoxy) is 1. The van der Waals surface area contributed by atoms with Gasteiger partial charge in [0.1, 0.15) is 15.8 Å². The number of nitriles is 1. The molecule has 2 heterocycles. The molecule has 0 atom stereocenters. The van der Waals surface area contributed by atoms with Crippen LogP contribution in [0.5, 0.6) is 0 Å². The number of sulfonamides is 1. The van der Waals surface area contributed by atoms with Gasteiger partial charge in [-0.1, -0.05) is 0 Å². The van der Waals surface area contributed by atoms with Gasteiger partial charge in [-0.2, -0.15) is 9.57 Å². The van der Waals surface area contributed by atoms with Crippen LogP contribution in [0, 0.1) is 11.3 Å². The van der Waals surface area contributed by atoms with Gasteiger partial charge in [0.25, 0.3) is 0 Å². The molecule has 0 unspecified atom stereocenters. The van der Waals surface area contributed by atoms with E-state index in [0.29, 0.717) is 26.3 Å². The standard InChI is InChI=1S/C9H10N2O3S2/c10-7-8-9(1-6-15-8)16(12,13)11-2-4-14-5-3-11/h1,6H,2-5H2. The summed E-state index contributed by atoms with van der Waals surface area (Å²) < 4.78 is 30.8. The molecule has 1 aliphatic rings. The second-order valence-corrected chi connectivity index (χ2v) is 6.06. The van der Waals surface area contributed by atoms with E-state index in [9.17, 15) is 8.42 Å². The van der Waals surface area contributed by atoms with Crippen LogP contribution in [0.4, 0.5) is 0 Å². The Kier molecular flexibility index (Phi) is 3.25. The molecule has 7 heteroatoms. The average Bonchev–Trinajstić information content (AvgIpc) is 2.79. The molecule has 0 saturated carbocycles. The summed E-state index contributed by atoms with van der Waals surface area (Å²) in [5.74, 6) is 0. The molecule has 1 saturated heterocycles. The van der Waals surface area contributed by atoms with E-state index in [1.54, 1.807) is 5.38 Å². The molecule has 0 spiro atoms. The van der Waals surface area contributed by atoms with Crippen molar-refractivity contribution >= 4 is 21.4 Å². The lowest BCUT2D eigenvalue weighted by Crippen LogP contribution is -2.40. The summed E-state index contributed by atoms with van der Waals surface area (Å²) in [4.78, 5) is 0.355. The Bertz CT molecular complexity index is 509. The van der Waals surface area contributed by atoms with Crippen LogP contribution in [0.3, 0.4) is 0 Å². The van der Waals surface area contributed by atoms with Crippen molar-refractivity contribution in [2.75, 3.05) is 26.3 Å². The predicted molar refractivity (Wildman–Crippen MR) is 58.6 cm³/mol. The molecule has 0 bridgehead atoms. The molecular formula is C9H10N2O3S2. The second-order valence-electron chi connectivity index (χ2n) is 3.24. The van der Waals surface area contributed by atoms with E-state index in [1.807, 2.05) is 6.07 Å². The summed E-state index contributed by atoms with van der Waals surface area (Å²) >= 11 is 1.14. The highest BCUT2D eigenvalue weighted by Gasteiger charge is 2.29. The van der Waals surface area contributed by atoms with Crippen LogP contribution < -0.4 is 0 Å². The third-order valence-electron chi connectivity index (χ3n) is 2.32. The van der Waals surface area contributed by atoms with Gasteiger partial charge in [0.15, 0.2) is 0 Å². The van der Waals surface area contributed by atoms with Crippen LogP contribution in [0.25, 0.3) is 0 Å². The lowest BCUT2D eigenvalue weighted by molar-refractivity contribution is 0.0730. The minimum atomic E-state index is -3.52. The smallest absolute Gasteiger partial charge is 0.245 e. The van der Waals surface area contributed by atoms with Gasteiger partial charge in [-0.3, -0.25) is 0 Å². The van der Waals surface area contributed by atoms with Gasteiger partial charge in [-0.15, -0.1) is 11.3 Å². The van der Waals surface area contributed by atoms with Crippen molar-refractivity contribution in [3.63, 3.8) is 0 Å². The lowest BCUT2D eigenvalue weighted by atomic mass is 10.5. The van der Waals surface area contributed by atoms with Crippen molar-refractivity contribution in [3.8, 4) is 6.07 Å². The minimum Gasteiger partial charge on any atom is -0.379 e. The highest BCUT2D eigenvalue weighted by atomic mass is 32.2. The molecule has 0 N–H and O–H groups in total. The SMILES string of the molecule is N#Cc1sccc1S(=O)(=O)N1CCOCC1. The van der Waals surface area contributed by atoms with Crippen LogP contribution in [0.2, 0.25) is 0 Å². The fraction of sp³-hybridized carbons (Fsp3) is 0.444. The van der Waals surface area contributed by atoms with Crippen molar-refractivity contribution in [1.29, 1.82) is 5.26 Å². The van der Waals surface area contributed by atoms with E-state index in [0.717, 1.165) is 11.3 Å². The topological polar surface area (TPSA) is 70.4 Å². The summed E-state index contributed by atoms with van der Waals surface area (Å²) in [7, 11) is -3.52.